The molecule has 2 aliphatic rings. The minimum Gasteiger partial charge on any atom is -0.454 e. The summed E-state index contributed by atoms with van der Waals surface area (Å²) in [5.41, 5.74) is 0.646. The van der Waals surface area contributed by atoms with E-state index < -0.39 is 12.2 Å². The number of carbonyl (C=O) groups excluding carboxylic acids is 2. The second-order valence-corrected chi connectivity index (χ2v) is 9.40. The molecule has 0 saturated heterocycles. The van der Waals surface area contributed by atoms with Crippen LogP contribution in [0, 0.1) is 10.8 Å². The number of rotatable bonds is 4. The van der Waals surface area contributed by atoms with Crippen molar-refractivity contribution in [2.24, 2.45) is 10.8 Å². The van der Waals surface area contributed by atoms with Gasteiger partial charge in [-0.05, 0) is 49.9 Å². The molecule has 2 saturated carbocycles. The fourth-order valence-corrected chi connectivity index (χ4v) is 5.10. The van der Waals surface area contributed by atoms with Gasteiger partial charge in [0.2, 0.25) is 0 Å². The lowest BCUT2D eigenvalue weighted by Gasteiger charge is -2.54. The van der Waals surface area contributed by atoms with Gasteiger partial charge in [-0.15, -0.1) is 0 Å². The Kier molecular flexibility index (Phi) is 5.68. The van der Waals surface area contributed by atoms with Crippen LogP contribution in [0.5, 0.6) is 0 Å². The molecule has 2 aromatic carbocycles. The van der Waals surface area contributed by atoms with E-state index in [0.717, 1.165) is 38.5 Å². The molecule has 30 heavy (non-hydrogen) atoms. The molecule has 4 nitrogen and oxygen atoms in total. The highest BCUT2D eigenvalue weighted by atomic mass is 16.6. The van der Waals surface area contributed by atoms with Crippen molar-refractivity contribution in [3.8, 4) is 0 Å². The molecule has 0 amide bonds. The average molecular weight is 407 g/mol. The Bertz CT molecular complexity index is 818. The van der Waals surface area contributed by atoms with Gasteiger partial charge >= 0.3 is 11.9 Å². The first-order chi connectivity index (χ1) is 14.4. The Hall–Kier alpha value is -2.62. The van der Waals surface area contributed by atoms with Gasteiger partial charge in [-0.3, -0.25) is 0 Å². The zero-order valence-corrected chi connectivity index (χ0v) is 17.8. The molecule has 158 valence electrons. The van der Waals surface area contributed by atoms with E-state index in [9.17, 15) is 9.59 Å². The summed E-state index contributed by atoms with van der Waals surface area (Å²) in [4.78, 5) is 25.9. The van der Waals surface area contributed by atoms with Crippen molar-refractivity contribution >= 4 is 11.9 Å². The minimum atomic E-state index is -0.461. The second-order valence-electron chi connectivity index (χ2n) is 9.40. The van der Waals surface area contributed by atoms with E-state index in [-0.39, 0.29) is 22.8 Å². The van der Waals surface area contributed by atoms with Gasteiger partial charge in [0, 0.05) is 10.8 Å². The van der Waals surface area contributed by atoms with Crippen molar-refractivity contribution in [2.75, 3.05) is 0 Å². The number of ether oxygens (including phenoxy) is 2. The molecular weight excluding hydrogens is 376 g/mol. The van der Waals surface area contributed by atoms with Gasteiger partial charge < -0.3 is 9.47 Å². The molecule has 4 atom stereocenters. The van der Waals surface area contributed by atoms with Crippen molar-refractivity contribution in [3.63, 3.8) is 0 Å². The predicted octanol–water partition coefficient (Wildman–Crippen LogP) is 5.82. The lowest BCUT2D eigenvalue weighted by Crippen LogP contribution is -2.58. The smallest absolute Gasteiger partial charge is 0.338 e. The first-order valence-corrected chi connectivity index (χ1v) is 10.9. The van der Waals surface area contributed by atoms with Crippen LogP contribution in [0.3, 0.4) is 0 Å². The van der Waals surface area contributed by atoms with Crippen LogP contribution >= 0.6 is 0 Å². The van der Waals surface area contributed by atoms with E-state index in [1.54, 1.807) is 24.3 Å². The summed E-state index contributed by atoms with van der Waals surface area (Å²) in [6, 6.07) is 18.1. The number of esters is 2. The van der Waals surface area contributed by atoms with Gasteiger partial charge in [0.05, 0.1) is 11.1 Å². The van der Waals surface area contributed by atoms with Crippen LogP contribution in [-0.4, -0.2) is 24.1 Å². The van der Waals surface area contributed by atoms with E-state index in [2.05, 4.69) is 13.8 Å². The van der Waals surface area contributed by atoms with Crippen molar-refractivity contribution in [3.05, 3.63) is 71.8 Å². The number of carbonyl (C=O) groups is 2. The Balaban J connectivity index is 1.66. The lowest BCUT2D eigenvalue weighted by molar-refractivity contribution is -0.167. The normalized spacial score (nSPS) is 30.7. The molecular formula is C26H30O4. The van der Waals surface area contributed by atoms with Crippen molar-refractivity contribution in [2.45, 2.75) is 64.6 Å². The zero-order chi connectivity index (χ0) is 21.2. The van der Waals surface area contributed by atoms with Crippen molar-refractivity contribution < 1.29 is 19.1 Å². The van der Waals surface area contributed by atoms with Crippen LogP contribution in [0.1, 0.15) is 73.1 Å². The highest BCUT2D eigenvalue weighted by Crippen LogP contribution is 2.54. The van der Waals surface area contributed by atoms with E-state index >= 15 is 0 Å². The maximum absolute atomic E-state index is 13.0. The highest BCUT2D eigenvalue weighted by Gasteiger charge is 2.56. The van der Waals surface area contributed by atoms with E-state index in [0.29, 0.717) is 11.1 Å². The summed E-state index contributed by atoms with van der Waals surface area (Å²) in [5.74, 6) is -0.699. The van der Waals surface area contributed by atoms with Crippen LogP contribution in [0.15, 0.2) is 60.7 Å². The van der Waals surface area contributed by atoms with Gasteiger partial charge in [0.1, 0.15) is 12.2 Å². The van der Waals surface area contributed by atoms with Crippen LogP contribution in [0.2, 0.25) is 0 Å². The third-order valence-corrected chi connectivity index (χ3v) is 7.15. The number of hydrogen-bond acceptors (Lipinski definition) is 4. The average Bonchev–Trinajstić information content (AvgIpc) is 2.77. The SMILES string of the molecule is CC12CCCCC(C)(CC1)C(OC(=O)c1ccccc1)C2OC(=O)c1ccccc1. The number of benzene rings is 2. The lowest BCUT2D eigenvalue weighted by atomic mass is 9.56. The van der Waals surface area contributed by atoms with Crippen molar-refractivity contribution in [1.82, 2.24) is 0 Å². The van der Waals surface area contributed by atoms with Crippen molar-refractivity contribution in [1.29, 1.82) is 0 Å². The van der Waals surface area contributed by atoms with E-state index in [1.165, 1.54) is 0 Å². The number of hydrogen-bond donors (Lipinski definition) is 0. The molecule has 2 aliphatic carbocycles. The summed E-state index contributed by atoms with van der Waals surface area (Å²) in [7, 11) is 0. The molecule has 4 unspecified atom stereocenters. The Morgan fingerprint density at radius 3 is 1.40 bits per heavy atom. The Labute approximate surface area is 178 Å². The molecule has 0 heterocycles. The predicted molar refractivity (Wildman–Crippen MR) is 115 cm³/mol. The fourth-order valence-electron chi connectivity index (χ4n) is 5.10. The Morgan fingerprint density at radius 1 is 0.667 bits per heavy atom. The molecule has 2 aromatic rings. The summed E-state index contributed by atoms with van der Waals surface area (Å²) in [6.45, 7) is 4.37. The molecule has 0 radical (unpaired) electrons. The molecule has 0 aromatic heterocycles. The molecule has 0 spiro atoms. The third-order valence-electron chi connectivity index (χ3n) is 7.15. The zero-order valence-electron chi connectivity index (χ0n) is 17.8. The summed E-state index contributed by atoms with van der Waals surface area (Å²) >= 11 is 0. The maximum atomic E-state index is 13.0. The number of fused-ring (bicyclic) bond motifs is 3. The largest absolute Gasteiger partial charge is 0.454 e. The first-order valence-electron chi connectivity index (χ1n) is 10.9. The topological polar surface area (TPSA) is 52.6 Å². The molecule has 2 bridgehead atoms. The fraction of sp³-hybridized carbons (Fsp3) is 0.462. The first kappa shape index (κ1) is 20.6. The third kappa shape index (κ3) is 4.00. The highest BCUT2D eigenvalue weighted by molar-refractivity contribution is 5.90. The standard InChI is InChI=1S/C26H30O4/c1-25-15-9-10-16-26(2,18-17-25)22(30-24(28)20-13-7-4-8-14-20)21(25)29-23(27)19-11-5-3-6-12-19/h3-8,11-14,21-22H,9-10,15-18H2,1-2H3. The Morgan fingerprint density at radius 2 is 1.03 bits per heavy atom. The maximum Gasteiger partial charge on any atom is 0.338 e. The molecule has 4 heteroatoms. The van der Waals surface area contributed by atoms with Crippen LogP contribution < -0.4 is 0 Å². The van der Waals surface area contributed by atoms with Crippen LogP contribution in [0.25, 0.3) is 0 Å². The molecule has 0 aliphatic heterocycles. The van der Waals surface area contributed by atoms with E-state index in [1.807, 2.05) is 36.4 Å². The van der Waals surface area contributed by atoms with Gasteiger partial charge in [0.15, 0.2) is 0 Å². The van der Waals surface area contributed by atoms with E-state index in [4.69, 9.17) is 9.47 Å². The second kappa shape index (κ2) is 8.25. The van der Waals surface area contributed by atoms with Crippen LogP contribution in [-0.2, 0) is 9.47 Å². The molecule has 4 rings (SSSR count). The quantitative estimate of drug-likeness (QED) is 0.601. The summed E-state index contributed by atoms with van der Waals surface area (Å²) in [5, 5.41) is 0. The van der Waals surface area contributed by atoms with Gasteiger partial charge in [-0.2, -0.15) is 0 Å². The van der Waals surface area contributed by atoms with Gasteiger partial charge in [-0.1, -0.05) is 63.1 Å². The molecule has 0 N–H and O–H groups in total. The van der Waals surface area contributed by atoms with Gasteiger partial charge in [-0.25, -0.2) is 9.59 Å². The minimum absolute atomic E-state index is 0.202. The summed E-state index contributed by atoms with van der Waals surface area (Å²) < 4.78 is 12.3. The monoisotopic (exact) mass is 406 g/mol. The van der Waals surface area contributed by atoms with Crippen LogP contribution in [0.4, 0.5) is 0 Å². The van der Waals surface area contributed by atoms with Gasteiger partial charge in [0.25, 0.3) is 0 Å². The molecule has 2 fully saturated rings. The summed E-state index contributed by atoms with van der Waals surface area (Å²) in [6.07, 6.45) is 5.15.